The smallest absolute Gasteiger partial charge is 0.257 e. The van der Waals surface area contributed by atoms with E-state index in [1.807, 2.05) is 25.1 Å². The summed E-state index contributed by atoms with van der Waals surface area (Å²) in [5, 5.41) is 5.75. The lowest BCUT2D eigenvalue weighted by Crippen LogP contribution is -2.41. The molecule has 0 atom stereocenters. The number of aryl methyl sites for hydroxylation is 1. The van der Waals surface area contributed by atoms with Crippen LogP contribution in [0.2, 0.25) is 0 Å². The van der Waals surface area contributed by atoms with E-state index in [0.29, 0.717) is 43.1 Å². The Morgan fingerprint density at radius 1 is 1.04 bits per heavy atom. The molecule has 0 bridgehead atoms. The Kier molecular flexibility index (Phi) is 6.16. The highest BCUT2D eigenvalue weighted by Gasteiger charge is 2.21. The molecule has 0 aliphatic carbocycles. The number of thiocarbonyl (C=S) groups is 1. The highest BCUT2D eigenvalue weighted by Crippen LogP contribution is 2.18. The lowest BCUT2D eigenvalue weighted by molar-refractivity contribution is 0.0303. The Balaban J connectivity index is 1.68. The van der Waals surface area contributed by atoms with Crippen molar-refractivity contribution in [1.29, 1.82) is 0 Å². The zero-order valence-corrected chi connectivity index (χ0v) is 15.8. The first-order valence-electron chi connectivity index (χ1n) is 8.69. The van der Waals surface area contributed by atoms with Gasteiger partial charge in [0.05, 0.1) is 24.5 Å². The SMILES string of the molecule is Cc1ccc(C(=O)NC(=S)Nc2ccccc2C(=O)N2CCOCC2)cc1. The Morgan fingerprint density at radius 2 is 1.70 bits per heavy atom. The molecule has 6 nitrogen and oxygen atoms in total. The average molecular weight is 383 g/mol. The number of nitrogens with one attached hydrogen (secondary N) is 2. The third-order valence-electron chi connectivity index (χ3n) is 4.24. The molecule has 1 aliphatic rings. The van der Waals surface area contributed by atoms with E-state index in [2.05, 4.69) is 10.6 Å². The van der Waals surface area contributed by atoms with E-state index >= 15 is 0 Å². The third kappa shape index (κ3) is 4.90. The minimum atomic E-state index is -0.301. The molecule has 2 aromatic carbocycles. The number of carbonyl (C=O) groups is 2. The Bertz CT molecular complexity index is 846. The first kappa shape index (κ1) is 19.0. The number of rotatable bonds is 3. The molecule has 140 valence electrons. The molecule has 27 heavy (non-hydrogen) atoms. The summed E-state index contributed by atoms with van der Waals surface area (Å²) in [6.45, 7) is 4.14. The molecular weight excluding hydrogens is 362 g/mol. The van der Waals surface area contributed by atoms with E-state index < -0.39 is 0 Å². The Labute approximate surface area is 163 Å². The fourth-order valence-corrected chi connectivity index (χ4v) is 2.95. The van der Waals surface area contributed by atoms with E-state index in [1.54, 1.807) is 35.2 Å². The first-order chi connectivity index (χ1) is 13.0. The van der Waals surface area contributed by atoms with Gasteiger partial charge in [-0.2, -0.15) is 0 Å². The number of para-hydroxylation sites is 1. The largest absolute Gasteiger partial charge is 0.378 e. The van der Waals surface area contributed by atoms with Crippen LogP contribution in [0.25, 0.3) is 0 Å². The molecule has 7 heteroatoms. The molecule has 0 spiro atoms. The highest BCUT2D eigenvalue weighted by molar-refractivity contribution is 7.80. The van der Waals surface area contributed by atoms with Crippen molar-refractivity contribution < 1.29 is 14.3 Å². The van der Waals surface area contributed by atoms with Crippen molar-refractivity contribution in [3.63, 3.8) is 0 Å². The summed E-state index contributed by atoms with van der Waals surface area (Å²) >= 11 is 5.25. The van der Waals surface area contributed by atoms with Gasteiger partial charge in [0.2, 0.25) is 0 Å². The first-order valence-corrected chi connectivity index (χ1v) is 9.10. The highest BCUT2D eigenvalue weighted by atomic mass is 32.1. The van der Waals surface area contributed by atoms with Gasteiger partial charge < -0.3 is 15.0 Å². The minimum absolute atomic E-state index is 0.0888. The maximum Gasteiger partial charge on any atom is 0.257 e. The van der Waals surface area contributed by atoms with Crippen molar-refractivity contribution in [3.05, 3.63) is 65.2 Å². The Hall–Kier alpha value is -2.77. The number of hydrogen-bond acceptors (Lipinski definition) is 4. The number of ether oxygens (including phenoxy) is 1. The van der Waals surface area contributed by atoms with E-state index in [4.69, 9.17) is 17.0 Å². The number of nitrogens with zero attached hydrogens (tertiary/aromatic N) is 1. The van der Waals surface area contributed by atoms with Gasteiger partial charge in [-0.05, 0) is 43.4 Å². The van der Waals surface area contributed by atoms with Crippen molar-refractivity contribution in [1.82, 2.24) is 10.2 Å². The fraction of sp³-hybridized carbons (Fsp3) is 0.250. The maximum atomic E-state index is 12.8. The summed E-state index contributed by atoms with van der Waals surface area (Å²) in [7, 11) is 0. The second-order valence-electron chi connectivity index (χ2n) is 6.22. The van der Waals surface area contributed by atoms with Crippen LogP contribution in [0.5, 0.6) is 0 Å². The van der Waals surface area contributed by atoms with Gasteiger partial charge >= 0.3 is 0 Å². The molecule has 0 unspecified atom stereocenters. The van der Waals surface area contributed by atoms with Crippen molar-refractivity contribution in [3.8, 4) is 0 Å². The van der Waals surface area contributed by atoms with Gasteiger partial charge in [-0.3, -0.25) is 14.9 Å². The van der Waals surface area contributed by atoms with Crippen LogP contribution < -0.4 is 10.6 Å². The summed E-state index contributed by atoms with van der Waals surface area (Å²) in [6.07, 6.45) is 0. The summed E-state index contributed by atoms with van der Waals surface area (Å²) in [4.78, 5) is 26.8. The molecule has 0 saturated carbocycles. The summed E-state index contributed by atoms with van der Waals surface area (Å²) in [6, 6.07) is 14.3. The second kappa shape index (κ2) is 8.75. The number of hydrogen-bond donors (Lipinski definition) is 2. The minimum Gasteiger partial charge on any atom is -0.378 e. The topological polar surface area (TPSA) is 70.7 Å². The molecule has 0 aromatic heterocycles. The number of amides is 2. The van der Waals surface area contributed by atoms with Crippen LogP contribution in [0.3, 0.4) is 0 Å². The zero-order valence-electron chi connectivity index (χ0n) is 15.0. The molecule has 1 heterocycles. The van der Waals surface area contributed by atoms with Gasteiger partial charge in [-0.15, -0.1) is 0 Å². The molecule has 2 amide bonds. The van der Waals surface area contributed by atoms with E-state index in [1.165, 1.54) is 0 Å². The standard InChI is InChI=1S/C20H21N3O3S/c1-14-6-8-15(9-7-14)18(24)22-20(27)21-17-5-3-2-4-16(17)19(25)23-10-12-26-13-11-23/h2-9H,10-13H2,1H3,(H2,21,22,24,27). The normalized spacial score (nSPS) is 13.7. The van der Waals surface area contributed by atoms with E-state index in [-0.39, 0.29) is 16.9 Å². The lowest BCUT2D eigenvalue weighted by Gasteiger charge is -2.27. The number of carbonyl (C=O) groups excluding carboxylic acids is 2. The summed E-state index contributed by atoms with van der Waals surface area (Å²) < 4.78 is 5.30. The molecule has 1 saturated heterocycles. The van der Waals surface area contributed by atoms with Crippen molar-refractivity contribution in [2.24, 2.45) is 0 Å². The predicted molar refractivity (Wildman–Crippen MR) is 108 cm³/mol. The van der Waals surface area contributed by atoms with Gasteiger partial charge in [0.15, 0.2) is 5.11 Å². The molecular formula is C20H21N3O3S. The molecule has 2 aromatic rings. The predicted octanol–water partition coefficient (Wildman–Crippen LogP) is 2.59. The molecule has 2 N–H and O–H groups in total. The molecule has 0 radical (unpaired) electrons. The quantitative estimate of drug-likeness (QED) is 0.798. The molecule has 1 aliphatic heterocycles. The van der Waals surface area contributed by atoms with Crippen molar-refractivity contribution in [2.45, 2.75) is 6.92 Å². The third-order valence-corrected chi connectivity index (χ3v) is 4.45. The summed E-state index contributed by atoms with van der Waals surface area (Å²) in [5.41, 5.74) is 2.65. The maximum absolute atomic E-state index is 12.8. The van der Waals surface area contributed by atoms with E-state index in [9.17, 15) is 9.59 Å². The Morgan fingerprint density at radius 3 is 2.41 bits per heavy atom. The van der Waals surface area contributed by atoms with Gasteiger partial charge in [0, 0.05) is 18.7 Å². The molecule has 1 fully saturated rings. The number of benzene rings is 2. The van der Waals surface area contributed by atoms with Gasteiger partial charge in [-0.25, -0.2) is 0 Å². The summed E-state index contributed by atoms with van der Waals surface area (Å²) in [5.74, 6) is -0.390. The fourth-order valence-electron chi connectivity index (χ4n) is 2.75. The zero-order chi connectivity index (χ0) is 19.2. The van der Waals surface area contributed by atoms with Gasteiger partial charge in [0.25, 0.3) is 11.8 Å². The van der Waals surface area contributed by atoms with Crippen molar-refractivity contribution >= 4 is 34.8 Å². The van der Waals surface area contributed by atoms with Crippen LogP contribution in [-0.2, 0) is 4.74 Å². The second-order valence-corrected chi connectivity index (χ2v) is 6.63. The number of morpholine rings is 1. The molecule has 3 rings (SSSR count). The van der Waals surface area contributed by atoms with Crippen LogP contribution in [-0.4, -0.2) is 48.1 Å². The monoisotopic (exact) mass is 383 g/mol. The van der Waals surface area contributed by atoms with Crippen LogP contribution in [0.1, 0.15) is 26.3 Å². The average Bonchev–Trinajstić information content (AvgIpc) is 2.69. The van der Waals surface area contributed by atoms with Crippen LogP contribution in [0.15, 0.2) is 48.5 Å². The van der Waals surface area contributed by atoms with Crippen LogP contribution in [0.4, 0.5) is 5.69 Å². The van der Waals surface area contributed by atoms with Gasteiger partial charge in [0.1, 0.15) is 0 Å². The lowest BCUT2D eigenvalue weighted by atomic mass is 10.1. The van der Waals surface area contributed by atoms with Crippen LogP contribution >= 0.6 is 12.2 Å². The van der Waals surface area contributed by atoms with E-state index in [0.717, 1.165) is 5.56 Å². The van der Waals surface area contributed by atoms with Crippen LogP contribution in [0, 0.1) is 6.92 Å². The number of anilines is 1. The van der Waals surface area contributed by atoms with Crippen molar-refractivity contribution in [2.75, 3.05) is 31.6 Å². The van der Waals surface area contributed by atoms with Gasteiger partial charge in [-0.1, -0.05) is 29.8 Å².